The van der Waals surface area contributed by atoms with Crippen molar-refractivity contribution in [2.45, 2.75) is 6.92 Å². The molecular weight excluding hydrogens is 244 g/mol. The van der Waals surface area contributed by atoms with Crippen molar-refractivity contribution in [3.05, 3.63) is 35.9 Å². The fourth-order valence-corrected chi connectivity index (χ4v) is 1.65. The molecule has 1 aromatic carbocycles. The van der Waals surface area contributed by atoms with Gasteiger partial charge in [-0.25, -0.2) is 9.80 Å². The molecule has 7 heteroatoms. The SMILES string of the molecule is CC1=NN(C)/C(=N/C(=O)Nc2ccccc2)C1=[N+]=[N-]. The van der Waals surface area contributed by atoms with E-state index in [0.29, 0.717) is 11.4 Å². The van der Waals surface area contributed by atoms with Crippen LogP contribution in [0.4, 0.5) is 10.5 Å². The molecule has 0 atom stereocenters. The van der Waals surface area contributed by atoms with Gasteiger partial charge in [-0.2, -0.15) is 14.9 Å². The van der Waals surface area contributed by atoms with Crippen molar-refractivity contribution in [3.8, 4) is 0 Å². The number of rotatable bonds is 1. The highest BCUT2D eigenvalue weighted by atomic mass is 16.2. The van der Waals surface area contributed by atoms with E-state index in [1.807, 2.05) is 6.07 Å². The number of amidine groups is 1. The van der Waals surface area contributed by atoms with Gasteiger partial charge in [-0.1, -0.05) is 18.2 Å². The largest absolute Gasteiger partial charge is 0.382 e. The van der Waals surface area contributed by atoms with Crippen molar-refractivity contribution in [1.29, 1.82) is 0 Å². The molecule has 0 aliphatic carbocycles. The van der Waals surface area contributed by atoms with Crippen LogP contribution in [0, 0.1) is 0 Å². The molecule has 0 spiro atoms. The number of aliphatic imine (C=N–C) groups is 1. The topological polar surface area (TPSA) is 93.5 Å². The Morgan fingerprint density at radius 2 is 2.11 bits per heavy atom. The Labute approximate surface area is 109 Å². The van der Waals surface area contributed by atoms with E-state index in [1.165, 1.54) is 5.01 Å². The van der Waals surface area contributed by atoms with Gasteiger partial charge in [0, 0.05) is 12.7 Å². The summed E-state index contributed by atoms with van der Waals surface area (Å²) in [4.78, 5) is 18.7. The molecule has 0 bridgehead atoms. The third kappa shape index (κ3) is 2.72. The summed E-state index contributed by atoms with van der Waals surface area (Å²) in [7, 11) is 1.62. The molecule has 0 aromatic heterocycles. The highest BCUT2D eigenvalue weighted by Gasteiger charge is 2.32. The Kier molecular flexibility index (Phi) is 3.49. The molecule has 0 radical (unpaired) electrons. The number of hydrazone groups is 1. The molecule has 19 heavy (non-hydrogen) atoms. The summed E-state index contributed by atoms with van der Waals surface area (Å²) in [6.07, 6.45) is 0. The summed E-state index contributed by atoms with van der Waals surface area (Å²) in [5, 5.41) is 8.02. The van der Waals surface area contributed by atoms with Crippen LogP contribution in [-0.2, 0) is 0 Å². The molecule has 1 N–H and O–H groups in total. The van der Waals surface area contributed by atoms with Crippen molar-refractivity contribution in [2.75, 3.05) is 12.4 Å². The number of hydrogen-bond donors (Lipinski definition) is 1. The minimum absolute atomic E-state index is 0.186. The van der Waals surface area contributed by atoms with Gasteiger partial charge in [0.15, 0.2) is 5.71 Å². The molecule has 1 aliphatic heterocycles. The molecule has 2 rings (SSSR count). The van der Waals surface area contributed by atoms with Crippen molar-refractivity contribution in [2.24, 2.45) is 10.1 Å². The first-order valence-corrected chi connectivity index (χ1v) is 5.58. The maximum atomic E-state index is 11.8. The maximum Gasteiger partial charge on any atom is 0.382 e. The average molecular weight is 256 g/mol. The molecular formula is C12H12N6O. The fourth-order valence-electron chi connectivity index (χ4n) is 1.65. The van der Waals surface area contributed by atoms with E-state index >= 15 is 0 Å². The molecule has 1 heterocycles. The number of carbonyl (C=O) groups excluding carboxylic acids is 1. The van der Waals surface area contributed by atoms with Gasteiger partial charge in [0.25, 0.3) is 0 Å². The monoisotopic (exact) mass is 256 g/mol. The molecule has 96 valence electrons. The van der Waals surface area contributed by atoms with Gasteiger partial charge in [-0.05, 0) is 19.1 Å². The fraction of sp³-hybridized carbons (Fsp3) is 0.167. The lowest BCUT2D eigenvalue weighted by molar-refractivity contribution is 0.00156. The van der Waals surface area contributed by atoms with Crippen LogP contribution in [0.15, 0.2) is 40.4 Å². The quantitative estimate of drug-likeness (QED) is 0.610. The molecule has 0 saturated carbocycles. The number of benzene rings is 1. The summed E-state index contributed by atoms with van der Waals surface area (Å²) < 4.78 is 0. The minimum Gasteiger partial charge on any atom is -0.361 e. The first kappa shape index (κ1) is 12.7. The number of para-hydroxylation sites is 1. The molecule has 0 unspecified atom stereocenters. The second-order valence-electron chi connectivity index (χ2n) is 3.89. The van der Waals surface area contributed by atoms with Crippen LogP contribution in [-0.4, -0.2) is 40.1 Å². The number of nitrogens with zero attached hydrogens (tertiary/aromatic N) is 5. The smallest absolute Gasteiger partial charge is 0.361 e. The third-order valence-corrected chi connectivity index (χ3v) is 2.49. The van der Waals surface area contributed by atoms with E-state index in [2.05, 4.69) is 20.2 Å². The summed E-state index contributed by atoms with van der Waals surface area (Å²) >= 11 is 0. The minimum atomic E-state index is -0.556. The summed E-state index contributed by atoms with van der Waals surface area (Å²) in [5.74, 6) is 0.202. The Hall–Kier alpha value is -2.79. The van der Waals surface area contributed by atoms with Crippen LogP contribution in [0.2, 0.25) is 0 Å². The number of anilines is 1. The van der Waals surface area contributed by atoms with Crippen LogP contribution >= 0.6 is 0 Å². The highest BCUT2D eigenvalue weighted by molar-refractivity contribution is 6.68. The van der Waals surface area contributed by atoms with E-state index in [1.54, 1.807) is 38.2 Å². The van der Waals surface area contributed by atoms with Crippen LogP contribution in [0.25, 0.3) is 5.53 Å². The Morgan fingerprint density at radius 3 is 2.74 bits per heavy atom. The van der Waals surface area contributed by atoms with E-state index in [4.69, 9.17) is 5.53 Å². The molecule has 2 amide bonds. The van der Waals surface area contributed by atoms with Gasteiger partial charge in [-0.15, -0.1) is 0 Å². The zero-order valence-electron chi connectivity index (χ0n) is 10.5. The third-order valence-electron chi connectivity index (χ3n) is 2.49. The molecule has 0 saturated heterocycles. The number of amides is 2. The Bertz CT molecular complexity index is 612. The van der Waals surface area contributed by atoms with Gasteiger partial charge in [-0.3, -0.25) is 0 Å². The second-order valence-corrected chi connectivity index (χ2v) is 3.89. The summed E-state index contributed by atoms with van der Waals surface area (Å²) in [6.45, 7) is 1.67. The molecule has 0 fully saturated rings. The van der Waals surface area contributed by atoms with Crippen LogP contribution in [0.3, 0.4) is 0 Å². The lowest BCUT2D eigenvalue weighted by atomic mass is 10.2. The zero-order chi connectivity index (χ0) is 13.8. The van der Waals surface area contributed by atoms with Crippen LogP contribution in [0.1, 0.15) is 6.92 Å². The number of urea groups is 1. The number of hydrogen-bond acceptors (Lipinski definition) is 2. The highest BCUT2D eigenvalue weighted by Crippen LogP contribution is 2.07. The van der Waals surface area contributed by atoms with Gasteiger partial charge in [0.1, 0.15) is 0 Å². The average Bonchev–Trinajstić information content (AvgIpc) is 2.65. The standard InChI is InChI=1S/C12H12N6O/c1-8-10(16-13)11(18(2)17-8)15-12(19)14-9-6-4-3-5-7-9/h3-7H,1-2H3,(H,14,19)/b15-11+. The van der Waals surface area contributed by atoms with Crippen molar-refractivity contribution >= 4 is 29.0 Å². The normalized spacial score (nSPS) is 16.3. The van der Waals surface area contributed by atoms with E-state index in [9.17, 15) is 4.79 Å². The molecule has 7 nitrogen and oxygen atoms in total. The molecule has 1 aliphatic rings. The van der Waals surface area contributed by atoms with Crippen LogP contribution < -0.4 is 5.32 Å². The summed E-state index contributed by atoms with van der Waals surface area (Å²) in [6, 6.07) is 8.40. The predicted molar refractivity (Wildman–Crippen MR) is 72.4 cm³/mol. The predicted octanol–water partition coefficient (Wildman–Crippen LogP) is 1.61. The number of carbonyl (C=O) groups is 1. The lowest BCUT2D eigenvalue weighted by Gasteiger charge is -2.05. The Morgan fingerprint density at radius 1 is 1.42 bits per heavy atom. The van der Waals surface area contributed by atoms with Crippen molar-refractivity contribution < 1.29 is 9.58 Å². The van der Waals surface area contributed by atoms with E-state index < -0.39 is 6.03 Å². The maximum absolute atomic E-state index is 11.8. The van der Waals surface area contributed by atoms with Crippen LogP contribution in [0.5, 0.6) is 0 Å². The Balaban J connectivity index is 2.18. The van der Waals surface area contributed by atoms with E-state index in [0.717, 1.165) is 0 Å². The first-order valence-electron chi connectivity index (χ1n) is 5.58. The first-order chi connectivity index (χ1) is 9.11. The zero-order valence-corrected chi connectivity index (χ0v) is 10.5. The van der Waals surface area contributed by atoms with E-state index in [-0.39, 0.29) is 11.5 Å². The van der Waals surface area contributed by atoms with Gasteiger partial charge in [0.05, 0.1) is 0 Å². The van der Waals surface area contributed by atoms with Gasteiger partial charge < -0.3 is 10.8 Å². The van der Waals surface area contributed by atoms with Gasteiger partial charge >= 0.3 is 11.7 Å². The second kappa shape index (κ2) is 5.24. The number of nitrogens with one attached hydrogen (secondary N) is 1. The summed E-state index contributed by atoms with van der Waals surface area (Å²) in [5.41, 5.74) is 10.2. The molecule has 1 aromatic rings. The lowest BCUT2D eigenvalue weighted by Crippen LogP contribution is -2.27. The van der Waals surface area contributed by atoms with Crippen molar-refractivity contribution in [1.82, 2.24) is 5.01 Å². The van der Waals surface area contributed by atoms with Crippen molar-refractivity contribution in [3.63, 3.8) is 0 Å². The van der Waals surface area contributed by atoms with Gasteiger partial charge in [0.2, 0.25) is 5.84 Å².